The summed E-state index contributed by atoms with van der Waals surface area (Å²) in [6.45, 7) is 7.68. The van der Waals surface area contributed by atoms with Gasteiger partial charge in [0.1, 0.15) is 5.76 Å². The number of nitrogens with one attached hydrogen (secondary N) is 1. The van der Waals surface area contributed by atoms with Gasteiger partial charge >= 0.3 is 0 Å². The summed E-state index contributed by atoms with van der Waals surface area (Å²) in [6.07, 6.45) is 2.44. The zero-order valence-corrected chi connectivity index (χ0v) is 15.4. The van der Waals surface area contributed by atoms with E-state index in [4.69, 9.17) is 9.15 Å². The van der Waals surface area contributed by atoms with E-state index in [1.54, 1.807) is 6.26 Å². The largest absolute Gasteiger partial charge is 0.469 e. The molecule has 2 aromatic rings. The van der Waals surface area contributed by atoms with Gasteiger partial charge in [-0.3, -0.25) is 4.79 Å². The van der Waals surface area contributed by atoms with Crippen LogP contribution < -0.4 is 5.32 Å². The van der Waals surface area contributed by atoms with Crippen molar-refractivity contribution < 1.29 is 13.9 Å². The molecule has 1 unspecified atom stereocenters. The molecule has 1 atom stereocenters. The van der Waals surface area contributed by atoms with E-state index >= 15 is 0 Å². The van der Waals surface area contributed by atoms with Gasteiger partial charge in [0.25, 0.3) is 0 Å². The Balaban J connectivity index is 1.90. The maximum absolute atomic E-state index is 12.1. The lowest BCUT2D eigenvalue weighted by molar-refractivity contribution is -0.120. The molecule has 7 nitrogen and oxygen atoms in total. The van der Waals surface area contributed by atoms with Crippen LogP contribution in [0.5, 0.6) is 0 Å². The summed E-state index contributed by atoms with van der Waals surface area (Å²) in [5.41, 5.74) is 0.907. The van der Waals surface area contributed by atoms with Crippen molar-refractivity contribution in [3.8, 4) is 11.4 Å². The average molecular weight is 352 g/mol. The van der Waals surface area contributed by atoms with Gasteiger partial charge in [0.2, 0.25) is 5.91 Å². The summed E-state index contributed by atoms with van der Waals surface area (Å²) >= 11 is 1.39. The standard InChI is InChI=1S/C16H24N4O3S/c1-5-22-9-6-8-17-15(21)12(3)24-16-19-18-14(20(16)4)13-7-10-23-11(13)2/h7,10,12H,5-6,8-9H2,1-4H3,(H,17,21). The minimum Gasteiger partial charge on any atom is -0.469 e. The van der Waals surface area contributed by atoms with Gasteiger partial charge in [0, 0.05) is 26.8 Å². The van der Waals surface area contributed by atoms with Crippen molar-refractivity contribution in [1.29, 1.82) is 0 Å². The van der Waals surface area contributed by atoms with Crippen molar-refractivity contribution in [1.82, 2.24) is 20.1 Å². The highest BCUT2D eigenvalue weighted by Crippen LogP contribution is 2.27. The number of carbonyl (C=O) groups is 1. The van der Waals surface area contributed by atoms with Crippen LogP contribution in [-0.4, -0.2) is 45.7 Å². The van der Waals surface area contributed by atoms with Crippen molar-refractivity contribution in [2.45, 2.75) is 37.6 Å². The lowest BCUT2D eigenvalue weighted by Gasteiger charge is -2.11. The Kier molecular flexibility index (Phi) is 6.86. The molecule has 0 aliphatic rings. The van der Waals surface area contributed by atoms with Gasteiger partial charge in [-0.15, -0.1) is 10.2 Å². The summed E-state index contributed by atoms with van der Waals surface area (Å²) in [5.74, 6) is 1.51. The molecule has 1 amide bonds. The number of furan rings is 1. The van der Waals surface area contributed by atoms with Crippen LogP contribution >= 0.6 is 11.8 Å². The first kappa shape index (κ1) is 18.5. The van der Waals surface area contributed by atoms with Crippen LogP contribution in [0.15, 0.2) is 21.9 Å². The number of thioether (sulfide) groups is 1. The fourth-order valence-electron chi connectivity index (χ4n) is 2.15. The third-order valence-corrected chi connectivity index (χ3v) is 4.69. The Morgan fingerprint density at radius 2 is 2.29 bits per heavy atom. The first-order valence-electron chi connectivity index (χ1n) is 8.00. The highest BCUT2D eigenvalue weighted by molar-refractivity contribution is 8.00. The molecule has 0 aromatic carbocycles. The second kappa shape index (κ2) is 8.89. The summed E-state index contributed by atoms with van der Waals surface area (Å²) < 4.78 is 12.4. The molecule has 0 saturated carbocycles. The van der Waals surface area contributed by atoms with Crippen molar-refractivity contribution in [3.05, 3.63) is 18.1 Å². The van der Waals surface area contributed by atoms with E-state index in [0.29, 0.717) is 24.9 Å². The van der Waals surface area contributed by atoms with Crippen LogP contribution in [0.25, 0.3) is 11.4 Å². The summed E-state index contributed by atoms with van der Waals surface area (Å²) in [4.78, 5) is 12.1. The summed E-state index contributed by atoms with van der Waals surface area (Å²) in [7, 11) is 1.89. The topological polar surface area (TPSA) is 82.2 Å². The lowest BCUT2D eigenvalue weighted by Crippen LogP contribution is -2.32. The van der Waals surface area contributed by atoms with E-state index in [2.05, 4.69) is 15.5 Å². The van der Waals surface area contributed by atoms with Crippen LogP contribution in [0, 0.1) is 6.92 Å². The molecule has 0 fully saturated rings. The number of hydrogen-bond donors (Lipinski definition) is 1. The molecule has 0 saturated heterocycles. The zero-order valence-electron chi connectivity index (χ0n) is 14.5. The molecule has 0 radical (unpaired) electrons. The molecule has 132 valence electrons. The maximum Gasteiger partial charge on any atom is 0.233 e. The number of aryl methyl sites for hydroxylation is 1. The van der Waals surface area contributed by atoms with Crippen molar-refractivity contribution in [2.24, 2.45) is 7.05 Å². The molecule has 2 heterocycles. The molecule has 0 spiro atoms. The van der Waals surface area contributed by atoms with Gasteiger partial charge < -0.3 is 19.0 Å². The van der Waals surface area contributed by atoms with E-state index in [-0.39, 0.29) is 11.2 Å². The molecule has 24 heavy (non-hydrogen) atoms. The predicted molar refractivity (Wildman–Crippen MR) is 92.9 cm³/mol. The molecular formula is C16H24N4O3S. The summed E-state index contributed by atoms with van der Waals surface area (Å²) in [5, 5.41) is 11.8. The number of amides is 1. The molecule has 2 rings (SSSR count). The Bertz CT molecular complexity index is 668. The smallest absolute Gasteiger partial charge is 0.233 e. The van der Waals surface area contributed by atoms with Gasteiger partial charge in [-0.1, -0.05) is 11.8 Å². The van der Waals surface area contributed by atoms with Gasteiger partial charge in [-0.05, 0) is 33.3 Å². The third-order valence-electron chi connectivity index (χ3n) is 3.55. The van der Waals surface area contributed by atoms with E-state index in [1.165, 1.54) is 11.8 Å². The monoisotopic (exact) mass is 352 g/mol. The zero-order chi connectivity index (χ0) is 17.5. The van der Waals surface area contributed by atoms with Crippen LogP contribution in [0.4, 0.5) is 0 Å². The number of rotatable bonds is 9. The minimum atomic E-state index is -0.252. The molecule has 2 aromatic heterocycles. The Morgan fingerprint density at radius 1 is 1.50 bits per heavy atom. The van der Waals surface area contributed by atoms with Gasteiger partial charge in [-0.2, -0.15) is 0 Å². The maximum atomic E-state index is 12.1. The fraction of sp³-hybridized carbons (Fsp3) is 0.562. The number of ether oxygens (including phenoxy) is 1. The van der Waals surface area contributed by atoms with Crippen molar-refractivity contribution >= 4 is 17.7 Å². The van der Waals surface area contributed by atoms with E-state index in [1.807, 2.05) is 38.5 Å². The van der Waals surface area contributed by atoms with Crippen LogP contribution in [0.1, 0.15) is 26.0 Å². The van der Waals surface area contributed by atoms with Gasteiger partial charge in [-0.25, -0.2) is 0 Å². The SMILES string of the molecule is CCOCCCNC(=O)C(C)Sc1nnc(-c2ccoc2C)n1C. The van der Waals surface area contributed by atoms with Gasteiger partial charge in [0.05, 0.1) is 17.1 Å². The lowest BCUT2D eigenvalue weighted by atomic mass is 10.2. The average Bonchev–Trinajstić information content (AvgIpc) is 3.13. The second-order valence-electron chi connectivity index (χ2n) is 5.36. The molecule has 0 aliphatic heterocycles. The fourth-order valence-corrected chi connectivity index (χ4v) is 2.99. The highest BCUT2D eigenvalue weighted by Gasteiger charge is 2.20. The molecule has 0 aliphatic carbocycles. The first-order chi connectivity index (χ1) is 11.5. The molecule has 8 heteroatoms. The number of aromatic nitrogens is 3. The predicted octanol–water partition coefficient (Wildman–Crippen LogP) is 2.41. The van der Waals surface area contributed by atoms with Crippen molar-refractivity contribution in [3.63, 3.8) is 0 Å². The molecule has 0 bridgehead atoms. The normalized spacial score (nSPS) is 12.3. The van der Waals surface area contributed by atoms with E-state index in [0.717, 1.165) is 23.6 Å². The number of carbonyl (C=O) groups excluding carboxylic acids is 1. The van der Waals surface area contributed by atoms with E-state index in [9.17, 15) is 4.79 Å². The van der Waals surface area contributed by atoms with Gasteiger partial charge in [0.15, 0.2) is 11.0 Å². The van der Waals surface area contributed by atoms with Crippen LogP contribution in [0.2, 0.25) is 0 Å². The van der Waals surface area contributed by atoms with Crippen LogP contribution in [0.3, 0.4) is 0 Å². The summed E-state index contributed by atoms with van der Waals surface area (Å²) in [6, 6.07) is 1.86. The highest BCUT2D eigenvalue weighted by atomic mass is 32.2. The molecule has 1 N–H and O–H groups in total. The molecular weight excluding hydrogens is 328 g/mol. The second-order valence-corrected chi connectivity index (χ2v) is 6.67. The van der Waals surface area contributed by atoms with E-state index < -0.39 is 0 Å². The minimum absolute atomic E-state index is 0.0134. The number of hydrogen-bond acceptors (Lipinski definition) is 6. The Labute approximate surface area is 146 Å². The Morgan fingerprint density at radius 3 is 2.96 bits per heavy atom. The first-order valence-corrected chi connectivity index (χ1v) is 8.88. The van der Waals surface area contributed by atoms with Crippen molar-refractivity contribution in [2.75, 3.05) is 19.8 Å². The third kappa shape index (κ3) is 4.61. The Hall–Kier alpha value is -1.80. The number of nitrogens with zero attached hydrogens (tertiary/aromatic N) is 3. The quantitative estimate of drug-likeness (QED) is 0.551. The van der Waals surface area contributed by atoms with Crippen LogP contribution in [-0.2, 0) is 16.6 Å².